The van der Waals surface area contributed by atoms with E-state index in [-0.39, 0.29) is 5.69 Å². The van der Waals surface area contributed by atoms with Crippen molar-refractivity contribution in [2.45, 2.75) is 19.3 Å². The number of halogens is 2. The average molecular weight is 316 g/mol. The Labute approximate surface area is 124 Å². The summed E-state index contributed by atoms with van der Waals surface area (Å²) in [6.45, 7) is 3.90. The van der Waals surface area contributed by atoms with Gasteiger partial charge >= 0.3 is 5.97 Å². The quantitative estimate of drug-likeness (QED) is 0.908. The summed E-state index contributed by atoms with van der Waals surface area (Å²) in [4.78, 5) is 15.0. The van der Waals surface area contributed by atoms with E-state index in [9.17, 15) is 4.79 Å². The molecule has 0 unspecified atom stereocenters. The number of benzene rings is 1. The molecule has 0 aliphatic carbocycles. The van der Waals surface area contributed by atoms with E-state index in [1.807, 2.05) is 19.9 Å². The number of aromatic carboxylic acids is 1. The van der Waals surface area contributed by atoms with E-state index in [0.717, 1.165) is 5.56 Å². The van der Waals surface area contributed by atoms with Gasteiger partial charge in [0.25, 0.3) is 0 Å². The predicted octanol–water partition coefficient (Wildman–Crippen LogP) is 4.47. The summed E-state index contributed by atoms with van der Waals surface area (Å²) >= 11 is 13.4. The smallest absolute Gasteiger partial charge is 0.355 e. The van der Waals surface area contributed by atoms with Gasteiger partial charge in [0, 0.05) is 20.8 Å². The Bertz CT molecular complexity index is 637. The van der Waals surface area contributed by atoms with Crippen LogP contribution in [0.15, 0.2) is 23.6 Å². The summed E-state index contributed by atoms with van der Waals surface area (Å²) in [6, 6.07) is 5.27. The largest absolute Gasteiger partial charge is 0.476 e. The van der Waals surface area contributed by atoms with Crippen LogP contribution in [-0.4, -0.2) is 16.1 Å². The van der Waals surface area contributed by atoms with Gasteiger partial charge in [-0.1, -0.05) is 29.3 Å². The topological polar surface area (TPSA) is 50.2 Å². The third-order valence-corrected chi connectivity index (χ3v) is 4.58. The second kappa shape index (κ2) is 5.12. The SMILES string of the molecule is CC(C)(c1nc(C(=O)O)cs1)c1ccc(Cl)cc1Cl. The summed E-state index contributed by atoms with van der Waals surface area (Å²) in [5.41, 5.74) is 0.447. The first-order valence-corrected chi connectivity index (χ1v) is 7.11. The standard InChI is InChI=1S/C13H11Cl2NO2S/c1-13(2,8-4-3-7(14)5-9(8)15)12-16-10(6-19-12)11(17)18/h3-6H,1-2H3,(H,17,18). The van der Waals surface area contributed by atoms with Crippen LogP contribution in [0.5, 0.6) is 0 Å². The molecule has 19 heavy (non-hydrogen) atoms. The van der Waals surface area contributed by atoms with Gasteiger partial charge in [-0.2, -0.15) is 0 Å². The van der Waals surface area contributed by atoms with Crippen LogP contribution in [0.1, 0.15) is 34.9 Å². The molecule has 1 aromatic heterocycles. The molecule has 1 aromatic carbocycles. The van der Waals surface area contributed by atoms with Gasteiger partial charge in [-0.15, -0.1) is 11.3 Å². The number of rotatable bonds is 3. The number of carboxylic acid groups (broad SMARTS) is 1. The van der Waals surface area contributed by atoms with Crippen LogP contribution in [0, 0.1) is 0 Å². The molecular formula is C13H11Cl2NO2S. The number of aromatic nitrogens is 1. The maximum absolute atomic E-state index is 10.9. The van der Waals surface area contributed by atoms with Crippen LogP contribution in [0.3, 0.4) is 0 Å². The monoisotopic (exact) mass is 315 g/mol. The lowest BCUT2D eigenvalue weighted by atomic mass is 9.85. The fraction of sp³-hybridized carbons (Fsp3) is 0.231. The molecule has 0 fully saturated rings. The Balaban J connectivity index is 2.48. The van der Waals surface area contributed by atoms with Crippen molar-refractivity contribution in [3.63, 3.8) is 0 Å². The second-order valence-electron chi connectivity index (χ2n) is 4.59. The summed E-state index contributed by atoms with van der Waals surface area (Å²) in [5, 5.41) is 12.3. The molecule has 100 valence electrons. The highest BCUT2D eigenvalue weighted by Crippen LogP contribution is 2.38. The summed E-state index contributed by atoms with van der Waals surface area (Å²) in [5.74, 6) is -1.03. The number of hydrogen-bond acceptors (Lipinski definition) is 3. The predicted molar refractivity (Wildman–Crippen MR) is 77.7 cm³/mol. The lowest BCUT2D eigenvalue weighted by Gasteiger charge is -2.24. The number of nitrogens with zero attached hydrogens (tertiary/aromatic N) is 1. The van der Waals surface area contributed by atoms with Crippen LogP contribution in [0.4, 0.5) is 0 Å². The Morgan fingerprint density at radius 2 is 2.05 bits per heavy atom. The normalized spacial score (nSPS) is 11.6. The van der Waals surface area contributed by atoms with Gasteiger partial charge in [0.2, 0.25) is 0 Å². The highest BCUT2D eigenvalue weighted by Gasteiger charge is 2.29. The molecule has 2 aromatic rings. The molecular weight excluding hydrogens is 305 g/mol. The molecule has 2 rings (SSSR count). The van der Waals surface area contributed by atoms with Gasteiger partial charge in [-0.3, -0.25) is 0 Å². The molecule has 0 spiro atoms. The van der Waals surface area contributed by atoms with Crippen LogP contribution >= 0.6 is 34.5 Å². The van der Waals surface area contributed by atoms with E-state index in [1.54, 1.807) is 12.1 Å². The van der Waals surface area contributed by atoms with Crippen molar-refractivity contribution in [1.29, 1.82) is 0 Å². The molecule has 0 aliphatic rings. The van der Waals surface area contributed by atoms with Crippen molar-refractivity contribution in [3.05, 3.63) is 49.9 Å². The van der Waals surface area contributed by atoms with E-state index in [1.165, 1.54) is 16.7 Å². The van der Waals surface area contributed by atoms with Crippen molar-refractivity contribution in [2.24, 2.45) is 0 Å². The number of carbonyl (C=O) groups is 1. The van der Waals surface area contributed by atoms with E-state index >= 15 is 0 Å². The minimum atomic E-state index is -1.03. The Kier molecular flexibility index (Phi) is 3.85. The van der Waals surface area contributed by atoms with Crippen LogP contribution in [0.2, 0.25) is 10.0 Å². The highest BCUT2D eigenvalue weighted by atomic mass is 35.5. The highest BCUT2D eigenvalue weighted by molar-refractivity contribution is 7.10. The minimum Gasteiger partial charge on any atom is -0.476 e. The van der Waals surface area contributed by atoms with Crippen molar-refractivity contribution in [1.82, 2.24) is 4.98 Å². The van der Waals surface area contributed by atoms with Crippen LogP contribution in [0.25, 0.3) is 0 Å². The molecule has 1 N–H and O–H groups in total. The molecule has 1 heterocycles. The Morgan fingerprint density at radius 1 is 1.37 bits per heavy atom. The van der Waals surface area contributed by atoms with Crippen molar-refractivity contribution in [3.8, 4) is 0 Å². The lowest BCUT2D eigenvalue weighted by molar-refractivity contribution is 0.0691. The summed E-state index contributed by atoms with van der Waals surface area (Å²) in [6.07, 6.45) is 0. The van der Waals surface area contributed by atoms with E-state index in [0.29, 0.717) is 15.1 Å². The van der Waals surface area contributed by atoms with Gasteiger partial charge in [0.1, 0.15) is 5.01 Å². The van der Waals surface area contributed by atoms with Crippen molar-refractivity contribution in [2.75, 3.05) is 0 Å². The van der Waals surface area contributed by atoms with Gasteiger partial charge in [0.05, 0.1) is 0 Å². The Morgan fingerprint density at radius 3 is 2.58 bits per heavy atom. The molecule has 3 nitrogen and oxygen atoms in total. The van der Waals surface area contributed by atoms with E-state index < -0.39 is 11.4 Å². The third kappa shape index (κ3) is 2.76. The summed E-state index contributed by atoms with van der Waals surface area (Å²) < 4.78 is 0. The molecule has 0 atom stereocenters. The number of carboxylic acids is 1. The zero-order valence-corrected chi connectivity index (χ0v) is 12.6. The zero-order valence-electron chi connectivity index (χ0n) is 10.3. The molecule has 0 saturated heterocycles. The van der Waals surface area contributed by atoms with Gasteiger partial charge < -0.3 is 5.11 Å². The van der Waals surface area contributed by atoms with Gasteiger partial charge in [-0.25, -0.2) is 9.78 Å². The Hall–Kier alpha value is -1.10. The van der Waals surface area contributed by atoms with Crippen molar-refractivity contribution < 1.29 is 9.90 Å². The fourth-order valence-corrected chi connectivity index (χ4v) is 3.35. The molecule has 0 bridgehead atoms. The molecule has 6 heteroatoms. The first kappa shape index (κ1) is 14.3. The van der Waals surface area contributed by atoms with Crippen LogP contribution < -0.4 is 0 Å². The maximum atomic E-state index is 10.9. The molecule has 0 radical (unpaired) electrons. The third-order valence-electron chi connectivity index (χ3n) is 2.86. The number of hydrogen-bond donors (Lipinski definition) is 1. The number of thiazole rings is 1. The first-order valence-electron chi connectivity index (χ1n) is 5.47. The van der Waals surface area contributed by atoms with E-state index in [2.05, 4.69) is 4.98 Å². The second-order valence-corrected chi connectivity index (χ2v) is 6.29. The molecule has 0 amide bonds. The van der Waals surface area contributed by atoms with E-state index in [4.69, 9.17) is 28.3 Å². The first-order chi connectivity index (χ1) is 8.82. The van der Waals surface area contributed by atoms with Crippen LogP contribution in [-0.2, 0) is 5.41 Å². The average Bonchev–Trinajstić information content (AvgIpc) is 2.78. The summed E-state index contributed by atoms with van der Waals surface area (Å²) in [7, 11) is 0. The lowest BCUT2D eigenvalue weighted by Crippen LogP contribution is -2.19. The van der Waals surface area contributed by atoms with Crippen molar-refractivity contribution >= 4 is 40.5 Å². The minimum absolute atomic E-state index is 0.0539. The molecule has 0 saturated carbocycles. The zero-order chi connectivity index (χ0) is 14.2. The maximum Gasteiger partial charge on any atom is 0.355 e. The molecule has 0 aliphatic heterocycles. The van der Waals surface area contributed by atoms with Gasteiger partial charge in [-0.05, 0) is 31.5 Å². The fourth-order valence-electron chi connectivity index (χ4n) is 1.77. The van der Waals surface area contributed by atoms with Gasteiger partial charge in [0.15, 0.2) is 5.69 Å².